The number of amides is 1. The summed E-state index contributed by atoms with van der Waals surface area (Å²) in [6, 6.07) is 32.7. The number of hydrogen-bond donors (Lipinski definition) is 1. The predicted molar refractivity (Wildman–Crippen MR) is 206 cm³/mol. The number of aryl methyl sites for hydroxylation is 2. The minimum Gasteiger partial charge on any atom is -0.497 e. The molecule has 10 heteroatoms. The molecule has 0 spiro atoms. The molecule has 5 atom stereocenters. The zero-order valence-corrected chi connectivity index (χ0v) is 31.6. The van der Waals surface area contributed by atoms with Crippen LogP contribution < -0.4 is 19.6 Å². The van der Waals surface area contributed by atoms with Gasteiger partial charge in [0.15, 0.2) is 0 Å². The normalized spacial score (nSPS) is 19.7. The minimum absolute atomic E-state index is 0.00951. The lowest BCUT2D eigenvalue weighted by molar-refractivity contribution is -0.118. The Balaban J connectivity index is 1.21. The van der Waals surface area contributed by atoms with Gasteiger partial charge in [-0.3, -0.25) is 14.4 Å². The first kappa shape index (κ1) is 35.6. The van der Waals surface area contributed by atoms with Crippen LogP contribution in [0.5, 0.6) is 11.5 Å². The number of aliphatic hydroxyl groups is 1. The maximum absolute atomic E-state index is 13.3. The van der Waals surface area contributed by atoms with E-state index < -0.39 is 8.07 Å². The van der Waals surface area contributed by atoms with Crippen molar-refractivity contribution in [2.75, 3.05) is 25.7 Å². The number of carbonyl (C=O) groups is 1. The summed E-state index contributed by atoms with van der Waals surface area (Å²) in [6.45, 7) is 7.65. The van der Waals surface area contributed by atoms with Gasteiger partial charge in [-0.25, -0.2) is 0 Å². The Morgan fingerprint density at radius 2 is 1.71 bits per heavy atom. The molecule has 2 aliphatic heterocycles. The van der Waals surface area contributed by atoms with Gasteiger partial charge in [-0.15, -0.1) is 5.10 Å². The lowest BCUT2D eigenvalue weighted by Crippen LogP contribution is -2.54. The van der Waals surface area contributed by atoms with E-state index in [4.69, 9.17) is 14.2 Å². The number of methoxy groups -OCH3 is 2. The van der Waals surface area contributed by atoms with E-state index in [-0.39, 0.29) is 42.1 Å². The number of benzene rings is 4. The monoisotopic (exact) mass is 716 g/mol. The third-order valence-corrected chi connectivity index (χ3v) is 15.6. The molecule has 0 bridgehead atoms. The topological polar surface area (TPSA) is 98.9 Å². The number of carbonyl (C=O) groups excluding carboxylic acids is 1. The van der Waals surface area contributed by atoms with Crippen LogP contribution in [0.4, 0.5) is 11.4 Å². The number of anilines is 2. The molecule has 0 radical (unpaired) electrons. The first-order valence-electron chi connectivity index (χ1n) is 18.2. The Bertz CT molecular complexity index is 2000. The van der Waals surface area contributed by atoms with Gasteiger partial charge < -0.3 is 19.3 Å². The lowest BCUT2D eigenvalue weighted by Gasteiger charge is -2.46. The predicted octanol–water partition coefficient (Wildman–Crippen LogP) is 7.18. The van der Waals surface area contributed by atoms with E-state index in [1.54, 1.807) is 14.2 Å². The second kappa shape index (κ2) is 15.1. The highest BCUT2D eigenvalue weighted by Crippen LogP contribution is 2.49. The van der Waals surface area contributed by atoms with Crippen molar-refractivity contribution in [2.45, 2.75) is 69.5 Å². The Kier molecular flexibility index (Phi) is 10.3. The van der Waals surface area contributed by atoms with Crippen LogP contribution in [0.3, 0.4) is 0 Å². The van der Waals surface area contributed by atoms with E-state index in [0.29, 0.717) is 13.0 Å². The van der Waals surface area contributed by atoms with Gasteiger partial charge in [0.2, 0.25) is 5.91 Å². The molecule has 52 heavy (non-hydrogen) atoms. The van der Waals surface area contributed by atoms with Gasteiger partial charge in [-0.1, -0.05) is 91.1 Å². The van der Waals surface area contributed by atoms with Crippen LogP contribution in [0.15, 0.2) is 103 Å². The quantitative estimate of drug-likeness (QED) is 0.137. The number of rotatable bonds is 12. The van der Waals surface area contributed by atoms with E-state index in [1.807, 2.05) is 88.6 Å². The van der Waals surface area contributed by atoms with Crippen LogP contribution in [-0.2, 0) is 22.5 Å². The summed E-state index contributed by atoms with van der Waals surface area (Å²) in [5, 5.41) is 20.6. The SMILES string of the molecule is COc1ccc([Si](C)(C)C(CCn2cc(C(CO)c3ccccc3)nn2)[C@H]2Oc3ccc(N4C(=O)CCc5ccccc54)cc3[C@@H](OC)[C@@H]2C)cc1. The highest BCUT2D eigenvalue weighted by molar-refractivity contribution is 6.91. The van der Waals surface area contributed by atoms with Gasteiger partial charge >= 0.3 is 0 Å². The maximum atomic E-state index is 13.3. The Labute approximate surface area is 307 Å². The number of aromatic nitrogens is 3. The van der Waals surface area contributed by atoms with Crippen LogP contribution in [0.1, 0.15) is 54.2 Å². The summed E-state index contributed by atoms with van der Waals surface area (Å²) in [7, 11) is 1.22. The van der Waals surface area contributed by atoms with Gasteiger partial charge in [0.05, 0.1) is 45.2 Å². The number of ether oxygens (including phenoxy) is 3. The molecule has 7 rings (SSSR count). The van der Waals surface area contributed by atoms with E-state index in [2.05, 4.69) is 54.6 Å². The first-order valence-corrected chi connectivity index (χ1v) is 21.3. The molecule has 1 aromatic heterocycles. The first-order chi connectivity index (χ1) is 25.2. The summed E-state index contributed by atoms with van der Waals surface area (Å²) in [4.78, 5) is 15.2. The summed E-state index contributed by atoms with van der Waals surface area (Å²) in [5.41, 5.74) is 5.81. The fourth-order valence-corrected chi connectivity index (χ4v) is 11.8. The van der Waals surface area contributed by atoms with E-state index in [9.17, 15) is 9.90 Å². The van der Waals surface area contributed by atoms with Crippen LogP contribution >= 0.6 is 0 Å². The summed E-state index contributed by atoms with van der Waals surface area (Å²) in [5.74, 6) is 1.48. The zero-order chi connectivity index (χ0) is 36.4. The van der Waals surface area contributed by atoms with Crippen molar-refractivity contribution in [1.29, 1.82) is 0 Å². The standard InChI is InChI=1S/C42H48N4O5Si/c1-28-41(50-3)34-25-31(46-37-14-10-9-13-30(37)15-22-40(46)48)16-21-38(34)51-42(28)39(52(4,5)33-19-17-32(49-2)18-20-33)23-24-45-26-36(43-44-45)35(27-47)29-11-7-6-8-12-29/h6-14,16-21,25-26,28,35,39,41-42,47H,15,22-24,27H2,1-5H3/t28-,35?,39?,41-,42-/m0/s1. The molecule has 5 aromatic rings. The average molecular weight is 717 g/mol. The highest BCUT2D eigenvalue weighted by atomic mass is 28.3. The summed E-state index contributed by atoms with van der Waals surface area (Å²) >= 11 is 0. The van der Waals surface area contributed by atoms with Gasteiger partial charge in [0.25, 0.3) is 0 Å². The second-order valence-electron chi connectivity index (χ2n) is 14.6. The van der Waals surface area contributed by atoms with E-state index in [0.717, 1.165) is 52.5 Å². The lowest BCUT2D eigenvalue weighted by atomic mass is 9.86. The summed E-state index contributed by atoms with van der Waals surface area (Å²) < 4.78 is 20.8. The van der Waals surface area contributed by atoms with Crippen molar-refractivity contribution in [1.82, 2.24) is 15.0 Å². The van der Waals surface area contributed by atoms with Crippen molar-refractivity contribution in [2.24, 2.45) is 5.92 Å². The van der Waals surface area contributed by atoms with Crippen molar-refractivity contribution in [3.63, 3.8) is 0 Å². The molecule has 3 heterocycles. The number of fused-ring (bicyclic) bond motifs is 2. The van der Waals surface area contributed by atoms with E-state index >= 15 is 0 Å². The molecule has 2 unspecified atom stereocenters. The third-order valence-electron chi connectivity index (χ3n) is 11.3. The Morgan fingerprint density at radius 3 is 2.44 bits per heavy atom. The maximum Gasteiger partial charge on any atom is 0.231 e. The molecule has 1 N–H and O–H groups in total. The second-order valence-corrected chi connectivity index (χ2v) is 19.3. The van der Waals surface area contributed by atoms with Crippen molar-refractivity contribution in [3.05, 3.63) is 126 Å². The number of para-hydroxylation sites is 1. The molecule has 4 aromatic carbocycles. The molecule has 0 saturated heterocycles. The third kappa shape index (κ3) is 6.78. The fourth-order valence-electron chi connectivity index (χ4n) is 8.29. The van der Waals surface area contributed by atoms with Crippen LogP contribution in [0.25, 0.3) is 0 Å². The molecule has 0 aliphatic carbocycles. The molecule has 0 fully saturated rings. The molecule has 0 saturated carbocycles. The van der Waals surface area contributed by atoms with Gasteiger partial charge in [-0.2, -0.15) is 0 Å². The largest absolute Gasteiger partial charge is 0.497 e. The summed E-state index contributed by atoms with van der Waals surface area (Å²) in [6.07, 6.45) is 3.61. The zero-order valence-electron chi connectivity index (χ0n) is 30.6. The average Bonchev–Trinajstić information content (AvgIpc) is 3.64. The number of aliphatic hydroxyl groups excluding tert-OH is 1. The fraction of sp³-hybridized carbons (Fsp3) is 0.357. The molecular weight excluding hydrogens is 669 g/mol. The van der Waals surface area contributed by atoms with Gasteiger partial charge in [-0.05, 0) is 65.9 Å². The number of hydrogen-bond acceptors (Lipinski definition) is 7. The smallest absolute Gasteiger partial charge is 0.231 e. The minimum atomic E-state index is -2.24. The van der Waals surface area contributed by atoms with Crippen LogP contribution in [0, 0.1) is 5.92 Å². The van der Waals surface area contributed by atoms with Gasteiger partial charge in [0, 0.05) is 43.4 Å². The van der Waals surface area contributed by atoms with Crippen molar-refractivity contribution in [3.8, 4) is 11.5 Å². The van der Waals surface area contributed by atoms with E-state index in [1.165, 1.54) is 10.8 Å². The van der Waals surface area contributed by atoms with Crippen LogP contribution in [0.2, 0.25) is 18.6 Å². The molecule has 1 amide bonds. The Morgan fingerprint density at radius 1 is 0.962 bits per heavy atom. The molecule has 9 nitrogen and oxygen atoms in total. The molecule has 2 aliphatic rings. The van der Waals surface area contributed by atoms with Gasteiger partial charge in [0.1, 0.15) is 17.6 Å². The number of nitrogens with zero attached hydrogens (tertiary/aromatic N) is 4. The van der Waals surface area contributed by atoms with Crippen LogP contribution in [-0.4, -0.2) is 61.0 Å². The van der Waals surface area contributed by atoms with Crippen molar-refractivity contribution >= 4 is 30.5 Å². The highest BCUT2D eigenvalue weighted by Gasteiger charge is 2.47. The van der Waals surface area contributed by atoms with Crippen molar-refractivity contribution < 1.29 is 24.1 Å². The molecule has 270 valence electrons. The Hall–Kier alpha value is -4.77. The molecular formula is C42H48N4O5Si.